The maximum absolute atomic E-state index is 12.7. The topological polar surface area (TPSA) is 62.5 Å². The first-order chi connectivity index (χ1) is 10.2. The molecule has 0 aliphatic heterocycles. The van der Waals surface area contributed by atoms with E-state index in [4.69, 9.17) is 4.42 Å². The third-order valence-corrected chi connectivity index (χ3v) is 2.89. The Morgan fingerprint density at radius 1 is 1.33 bits per heavy atom. The zero-order valence-electron chi connectivity index (χ0n) is 11.3. The van der Waals surface area contributed by atoms with Crippen molar-refractivity contribution >= 4 is 12.0 Å². The second kappa shape index (κ2) is 7.40. The normalized spacial score (nSPS) is 12.5. The average molecular weight is 289 g/mol. The Labute approximate surface area is 121 Å². The molecular formula is C16H16FNO3. The van der Waals surface area contributed by atoms with Gasteiger partial charge in [-0.05, 0) is 29.8 Å². The summed E-state index contributed by atoms with van der Waals surface area (Å²) in [4.78, 5) is 11.8. The molecule has 0 aliphatic carbocycles. The lowest BCUT2D eigenvalue weighted by Gasteiger charge is -2.12. The van der Waals surface area contributed by atoms with Gasteiger partial charge in [0.1, 0.15) is 17.6 Å². The minimum atomic E-state index is -0.549. The lowest BCUT2D eigenvalue weighted by molar-refractivity contribution is -0.121. The van der Waals surface area contributed by atoms with Gasteiger partial charge in [-0.25, -0.2) is 4.39 Å². The van der Waals surface area contributed by atoms with Gasteiger partial charge < -0.3 is 14.8 Å². The Morgan fingerprint density at radius 2 is 2.10 bits per heavy atom. The van der Waals surface area contributed by atoms with Crippen LogP contribution in [0.4, 0.5) is 4.39 Å². The van der Waals surface area contributed by atoms with Crippen LogP contribution in [0.25, 0.3) is 6.08 Å². The van der Waals surface area contributed by atoms with E-state index in [-0.39, 0.29) is 24.8 Å². The fraction of sp³-hybridized carbons (Fsp3) is 0.188. The van der Waals surface area contributed by atoms with Gasteiger partial charge in [0.25, 0.3) is 0 Å². The van der Waals surface area contributed by atoms with Crippen LogP contribution in [-0.2, 0) is 4.79 Å². The molecule has 1 aromatic carbocycles. The highest BCUT2D eigenvalue weighted by atomic mass is 19.1. The molecule has 2 rings (SSSR count). The second-order valence-electron chi connectivity index (χ2n) is 4.48. The van der Waals surface area contributed by atoms with E-state index in [0.29, 0.717) is 5.76 Å². The molecule has 0 bridgehead atoms. The largest absolute Gasteiger partial charge is 0.467 e. The second-order valence-corrected chi connectivity index (χ2v) is 4.48. The van der Waals surface area contributed by atoms with Crippen molar-refractivity contribution in [2.75, 3.05) is 6.61 Å². The number of carbonyl (C=O) groups is 1. The van der Waals surface area contributed by atoms with Crippen LogP contribution in [-0.4, -0.2) is 17.6 Å². The molecular weight excluding hydrogens is 273 g/mol. The number of carbonyl (C=O) groups excluding carboxylic acids is 1. The lowest BCUT2D eigenvalue weighted by Crippen LogP contribution is -2.29. The van der Waals surface area contributed by atoms with E-state index >= 15 is 0 Å². The molecule has 110 valence electrons. The molecule has 1 aromatic heterocycles. The number of aliphatic hydroxyl groups is 1. The predicted molar refractivity (Wildman–Crippen MR) is 76.7 cm³/mol. The van der Waals surface area contributed by atoms with E-state index in [1.165, 1.54) is 18.4 Å². The summed E-state index contributed by atoms with van der Waals surface area (Å²) in [7, 11) is 0. The quantitative estimate of drug-likeness (QED) is 0.859. The maximum atomic E-state index is 12.7. The summed E-state index contributed by atoms with van der Waals surface area (Å²) < 4.78 is 17.9. The van der Waals surface area contributed by atoms with Gasteiger partial charge in [-0.2, -0.15) is 0 Å². The van der Waals surface area contributed by atoms with Crippen molar-refractivity contribution in [2.45, 2.75) is 12.5 Å². The van der Waals surface area contributed by atoms with E-state index in [1.807, 2.05) is 0 Å². The highest BCUT2D eigenvalue weighted by molar-refractivity contribution is 5.78. The number of hydrogen-bond acceptors (Lipinski definition) is 3. The van der Waals surface area contributed by atoms with Gasteiger partial charge in [0.2, 0.25) is 5.91 Å². The molecule has 5 heteroatoms. The summed E-state index contributed by atoms with van der Waals surface area (Å²) in [5.41, 5.74) is 0.814. The zero-order valence-corrected chi connectivity index (χ0v) is 11.3. The molecule has 1 amide bonds. The first kappa shape index (κ1) is 15.0. The molecule has 0 saturated carbocycles. The smallest absolute Gasteiger partial charge is 0.224 e. The Morgan fingerprint density at radius 3 is 2.71 bits per heavy atom. The molecule has 0 aliphatic rings. The van der Waals surface area contributed by atoms with Gasteiger partial charge in [-0.3, -0.25) is 4.79 Å². The summed E-state index contributed by atoms with van der Waals surface area (Å²) in [6.07, 6.45) is 5.06. The number of aliphatic hydroxyl groups excluding tert-OH is 1. The van der Waals surface area contributed by atoms with E-state index in [1.54, 1.807) is 36.4 Å². The Balaban J connectivity index is 1.85. The molecule has 21 heavy (non-hydrogen) atoms. The van der Waals surface area contributed by atoms with Gasteiger partial charge in [-0.1, -0.05) is 24.3 Å². The third-order valence-electron chi connectivity index (χ3n) is 2.89. The third kappa shape index (κ3) is 4.57. The highest BCUT2D eigenvalue weighted by Crippen LogP contribution is 2.13. The summed E-state index contributed by atoms with van der Waals surface area (Å²) in [6.45, 7) is -0.235. The van der Waals surface area contributed by atoms with Crippen molar-refractivity contribution in [2.24, 2.45) is 0 Å². The summed E-state index contributed by atoms with van der Waals surface area (Å²) in [5.74, 6) is -0.0219. The standard InChI is InChI=1S/C16H16FNO3/c17-13-8-6-12(7-9-13)3-1-5-16(20)18-14(11-19)15-4-2-10-21-15/h1-4,6-10,14,19H,5,11H2,(H,18,20)/b3-1+. The lowest BCUT2D eigenvalue weighted by atomic mass is 10.2. The summed E-state index contributed by atoms with van der Waals surface area (Å²) in [5, 5.41) is 11.9. The van der Waals surface area contributed by atoms with Crippen LogP contribution < -0.4 is 5.32 Å². The molecule has 1 atom stereocenters. The monoisotopic (exact) mass is 289 g/mol. The number of benzene rings is 1. The molecule has 0 radical (unpaired) electrons. The van der Waals surface area contributed by atoms with E-state index in [2.05, 4.69) is 5.32 Å². The number of hydrogen-bond donors (Lipinski definition) is 2. The van der Waals surface area contributed by atoms with Crippen molar-refractivity contribution in [3.05, 3.63) is 65.9 Å². The Hall–Kier alpha value is -2.40. The van der Waals surface area contributed by atoms with Crippen molar-refractivity contribution in [3.8, 4) is 0 Å². The van der Waals surface area contributed by atoms with Gasteiger partial charge in [-0.15, -0.1) is 0 Å². The van der Waals surface area contributed by atoms with E-state index in [9.17, 15) is 14.3 Å². The SMILES string of the molecule is O=C(C/C=C/c1ccc(F)cc1)NC(CO)c1ccco1. The average Bonchev–Trinajstić information content (AvgIpc) is 3.01. The van der Waals surface area contributed by atoms with Gasteiger partial charge in [0.15, 0.2) is 0 Å². The molecule has 2 aromatic rings. The Bertz CT molecular complexity index is 590. The number of rotatable bonds is 6. The van der Waals surface area contributed by atoms with Crippen LogP contribution >= 0.6 is 0 Å². The van der Waals surface area contributed by atoms with Crippen LogP contribution in [0.1, 0.15) is 23.8 Å². The first-order valence-electron chi connectivity index (χ1n) is 6.55. The number of amides is 1. The van der Waals surface area contributed by atoms with Crippen LogP contribution in [0.2, 0.25) is 0 Å². The summed E-state index contributed by atoms with van der Waals surface area (Å²) >= 11 is 0. The first-order valence-corrected chi connectivity index (χ1v) is 6.55. The van der Waals surface area contributed by atoms with Gasteiger partial charge >= 0.3 is 0 Å². The van der Waals surface area contributed by atoms with Crippen LogP contribution in [0.15, 0.2) is 53.2 Å². The summed E-state index contributed by atoms with van der Waals surface area (Å²) in [6, 6.07) is 8.81. The van der Waals surface area contributed by atoms with Crippen molar-refractivity contribution in [1.82, 2.24) is 5.32 Å². The minimum Gasteiger partial charge on any atom is -0.467 e. The van der Waals surface area contributed by atoms with Crippen molar-refractivity contribution < 1.29 is 18.7 Å². The molecule has 1 unspecified atom stereocenters. The highest BCUT2D eigenvalue weighted by Gasteiger charge is 2.14. The van der Waals surface area contributed by atoms with Crippen molar-refractivity contribution in [3.63, 3.8) is 0 Å². The van der Waals surface area contributed by atoms with Crippen molar-refractivity contribution in [1.29, 1.82) is 0 Å². The molecule has 2 N–H and O–H groups in total. The van der Waals surface area contributed by atoms with Crippen LogP contribution in [0, 0.1) is 5.82 Å². The molecule has 0 fully saturated rings. The Kier molecular flexibility index (Phi) is 5.29. The molecule has 4 nitrogen and oxygen atoms in total. The van der Waals surface area contributed by atoms with Crippen LogP contribution in [0.5, 0.6) is 0 Å². The molecule has 0 spiro atoms. The number of halogens is 1. The minimum absolute atomic E-state index is 0.161. The maximum Gasteiger partial charge on any atom is 0.224 e. The fourth-order valence-corrected chi connectivity index (χ4v) is 1.83. The zero-order chi connectivity index (χ0) is 15.1. The fourth-order valence-electron chi connectivity index (χ4n) is 1.83. The van der Waals surface area contributed by atoms with E-state index < -0.39 is 6.04 Å². The van der Waals surface area contributed by atoms with Gasteiger partial charge in [0, 0.05) is 6.42 Å². The number of furan rings is 1. The van der Waals surface area contributed by atoms with Gasteiger partial charge in [0.05, 0.1) is 12.9 Å². The number of nitrogens with one attached hydrogen (secondary N) is 1. The van der Waals surface area contributed by atoms with E-state index in [0.717, 1.165) is 5.56 Å². The predicted octanol–water partition coefficient (Wildman–Crippen LogP) is 2.67. The van der Waals surface area contributed by atoms with Crippen LogP contribution in [0.3, 0.4) is 0 Å². The molecule has 1 heterocycles. The molecule has 0 saturated heterocycles.